The molecule has 0 bridgehead atoms. The van der Waals surface area contributed by atoms with Gasteiger partial charge in [-0.2, -0.15) is 0 Å². The number of rotatable bonds is 5. The van der Waals surface area contributed by atoms with Gasteiger partial charge in [0.15, 0.2) is 0 Å². The molecular formula is C24H23N5O4S2. The van der Waals surface area contributed by atoms with E-state index in [1.54, 1.807) is 36.7 Å². The van der Waals surface area contributed by atoms with Crippen LogP contribution in [-0.4, -0.2) is 43.5 Å². The lowest BCUT2D eigenvalue weighted by Crippen LogP contribution is -2.40. The van der Waals surface area contributed by atoms with Crippen molar-refractivity contribution in [1.29, 1.82) is 0 Å². The van der Waals surface area contributed by atoms with Crippen LogP contribution in [0.2, 0.25) is 0 Å². The molecule has 0 atom stereocenters. The van der Waals surface area contributed by atoms with Crippen molar-refractivity contribution in [1.82, 2.24) is 14.3 Å². The fourth-order valence-corrected chi connectivity index (χ4v) is 5.55. The van der Waals surface area contributed by atoms with Crippen molar-refractivity contribution in [3.05, 3.63) is 68.9 Å². The first-order chi connectivity index (χ1) is 16.8. The number of hydrogen-bond donors (Lipinski definition) is 1. The molecule has 2 saturated heterocycles. The summed E-state index contributed by atoms with van der Waals surface area (Å²) in [6.07, 6.45) is 6.01. The maximum absolute atomic E-state index is 13.6. The number of carbonyl (C=O) groups excluding carboxylic acids is 2. The zero-order valence-electron chi connectivity index (χ0n) is 19.0. The lowest BCUT2D eigenvalue weighted by Gasteiger charge is -2.32. The van der Waals surface area contributed by atoms with Crippen molar-refractivity contribution in [2.75, 3.05) is 18.0 Å². The van der Waals surface area contributed by atoms with Crippen LogP contribution in [0.25, 0.3) is 11.7 Å². The van der Waals surface area contributed by atoms with Crippen molar-refractivity contribution in [3.63, 3.8) is 0 Å². The Balaban J connectivity index is 1.56. The van der Waals surface area contributed by atoms with Gasteiger partial charge in [-0.1, -0.05) is 30.0 Å². The Kier molecular flexibility index (Phi) is 6.20. The second-order valence-corrected chi connectivity index (χ2v) is 10.3. The maximum atomic E-state index is 13.6. The number of amides is 2. The van der Waals surface area contributed by atoms with Crippen molar-refractivity contribution < 1.29 is 14.0 Å². The molecule has 0 aliphatic carbocycles. The lowest BCUT2D eigenvalue weighted by molar-refractivity contribution is -0.123. The standard InChI is InChI=1S/C24H23N5O4S2/c1-14-4-5-19-26-21(27-8-6-15(7-9-27)20(25)30)17(22(31)28(19)12-14)11-18-23(32)29(24(34)35-18)13-16-3-2-10-33-16/h2-5,10-12,15H,6-9,13H2,1H3,(H2,25,30). The number of thioether (sulfide) groups is 1. The van der Waals surface area contributed by atoms with Crippen LogP contribution in [0.15, 0.2) is 50.8 Å². The minimum atomic E-state index is -0.313. The van der Waals surface area contributed by atoms with E-state index in [9.17, 15) is 14.4 Å². The summed E-state index contributed by atoms with van der Waals surface area (Å²) in [4.78, 5) is 47.0. The van der Waals surface area contributed by atoms with E-state index in [4.69, 9.17) is 27.4 Å². The minimum Gasteiger partial charge on any atom is -0.467 e. The molecule has 5 rings (SSSR count). The van der Waals surface area contributed by atoms with Crippen molar-refractivity contribution in [2.45, 2.75) is 26.3 Å². The molecule has 35 heavy (non-hydrogen) atoms. The van der Waals surface area contributed by atoms with Crippen molar-refractivity contribution in [3.8, 4) is 0 Å². The molecule has 11 heteroatoms. The zero-order chi connectivity index (χ0) is 24.7. The predicted molar refractivity (Wildman–Crippen MR) is 138 cm³/mol. The van der Waals surface area contributed by atoms with Crippen LogP contribution in [0.4, 0.5) is 5.82 Å². The van der Waals surface area contributed by atoms with Gasteiger partial charge < -0.3 is 15.1 Å². The Hall–Kier alpha value is -3.44. The second kappa shape index (κ2) is 9.31. The van der Waals surface area contributed by atoms with Crippen LogP contribution in [0.3, 0.4) is 0 Å². The van der Waals surface area contributed by atoms with E-state index in [1.165, 1.54) is 9.30 Å². The highest BCUT2D eigenvalue weighted by Gasteiger charge is 2.34. The number of furan rings is 1. The van der Waals surface area contributed by atoms with Crippen LogP contribution < -0.4 is 16.2 Å². The molecule has 3 aromatic rings. The summed E-state index contributed by atoms with van der Waals surface area (Å²) >= 11 is 6.59. The third-order valence-corrected chi connectivity index (χ3v) is 7.60. The normalized spacial score (nSPS) is 18.3. The quantitative estimate of drug-likeness (QED) is 0.413. The summed E-state index contributed by atoms with van der Waals surface area (Å²) in [5, 5.41) is 0. The number of carbonyl (C=O) groups is 2. The average molecular weight is 510 g/mol. The van der Waals surface area contributed by atoms with Crippen LogP contribution in [0.5, 0.6) is 0 Å². The molecule has 5 heterocycles. The lowest BCUT2D eigenvalue weighted by atomic mass is 9.96. The van der Waals surface area contributed by atoms with Crippen LogP contribution in [-0.2, 0) is 16.1 Å². The summed E-state index contributed by atoms with van der Waals surface area (Å²) in [6, 6.07) is 7.21. The molecule has 2 fully saturated rings. The number of nitrogens with zero attached hydrogens (tertiary/aromatic N) is 4. The summed E-state index contributed by atoms with van der Waals surface area (Å²) in [7, 11) is 0. The number of fused-ring (bicyclic) bond motifs is 1. The number of thiocarbonyl (C=S) groups is 1. The molecule has 2 aliphatic rings. The molecule has 180 valence electrons. The van der Waals surface area contributed by atoms with E-state index in [0.717, 1.165) is 17.3 Å². The SMILES string of the molecule is Cc1ccc2nc(N3CCC(C(N)=O)CC3)c(C=C3SC(=S)N(Cc4ccco4)C3=O)c(=O)n2c1. The fraction of sp³-hybridized carbons (Fsp3) is 0.292. The van der Waals surface area contributed by atoms with Gasteiger partial charge in [0.1, 0.15) is 21.5 Å². The molecule has 0 aromatic carbocycles. The van der Waals surface area contributed by atoms with E-state index >= 15 is 0 Å². The van der Waals surface area contributed by atoms with Gasteiger partial charge in [0, 0.05) is 25.2 Å². The molecule has 2 N–H and O–H groups in total. The predicted octanol–water partition coefficient (Wildman–Crippen LogP) is 2.70. The monoisotopic (exact) mass is 509 g/mol. The summed E-state index contributed by atoms with van der Waals surface area (Å²) in [5.41, 5.74) is 6.94. The Labute approximate surface area is 210 Å². The largest absolute Gasteiger partial charge is 0.467 e. The number of piperidine rings is 1. The number of hydrogen-bond acceptors (Lipinski definition) is 8. The number of aromatic nitrogens is 2. The maximum Gasteiger partial charge on any atom is 0.267 e. The van der Waals surface area contributed by atoms with Gasteiger partial charge in [0.05, 0.1) is 23.3 Å². The molecule has 9 nitrogen and oxygen atoms in total. The number of primary amides is 1. The zero-order valence-corrected chi connectivity index (χ0v) is 20.6. The Morgan fingerprint density at radius 3 is 2.74 bits per heavy atom. The number of pyridine rings is 1. The van der Waals surface area contributed by atoms with Gasteiger partial charge in [-0.25, -0.2) is 4.98 Å². The molecular weight excluding hydrogens is 486 g/mol. The molecule has 0 spiro atoms. The molecule has 2 amide bonds. The van der Waals surface area contributed by atoms with Crippen LogP contribution in [0, 0.1) is 12.8 Å². The van der Waals surface area contributed by atoms with E-state index < -0.39 is 0 Å². The van der Waals surface area contributed by atoms with Gasteiger partial charge in [0.25, 0.3) is 11.5 Å². The number of nitrogens with two attached hydrogens (primary N) is 1. The van der Waals surface area contributed by atoms with Gasteiger partial charge in [-0.05, 0) is 49.6 Å². The van der Waals surface area contributed by atoms with Crippen LogP contribution in [0.1, 0.15) is 29.7 Å². The van der Waals surface area contributed by atoms with Gasteiger partial charge in [-0.15, -0.1) is 0 Å². The van der Waals surface area contributed by atoms with Crippen molar-refractivity contribution >= 4 is 57.7 Å². The third kappa shape index (κ3) is 4.48. The smallest absolute Gasteiger partial charge is 0.267 e. The Morgan fingerprint density at radius 1 is 1.29 bits per heavy atom. The molecule has 0 radical (unpaired) electrons. The highest BCUT2D eigenvalue weighted by atomic mass is 32.2. The van der Waals surface area contributed by atoms with Gasteiger partial charge >= 0.3 is 0 Å². The topological polar surface area (TPSA) is 114 Å². The Bertz CT molecular complexity index is 1420. The summed E-state index contributed by atoms with van der Waals surface area (Å²) in [5.74, 6) is 0.300. The molecule has 0 unspecified atom stereocenters. The van der Waals surface area contributed by atoms with E-state index in [-0.39, 0.29) is 29.8 Å². The first-order valence-corrected chi connectivity index (χ1v) is 12.4. The van der Waals surface area contributed by atoms with Gasteiger partial charge in [-0.3, -0.25) is 23.7 Å². The highest BCUT2D eigenvalue weighted by Crippen LogP contribution is 2.35. The Morgan fingerprint density at radius 2 is 2.06 bits per heavy atom. The van der Waals surface area contributed by atoms with E-state index in [2.05, 4.69) is 0 Å². The third-order valence-electron chi connectivity index (χ3n) is 6.23. The molecule has 2 aliphatic heterocycles. The summed E-state index contributed by atoms with van der Waals surface area (Å²) in [6.45, 7) is 3.18. The average Bonchev–Trinajstić information content (AvgIpc) is 3.45. The van der Waals surface area contributed by atoms with Crippen LogP contribution >= 0.6 is 24.0 Å². The number of anilines is 1. The highest BCUT2D eigenvalue weighted by molar-refractivity contribution is 8.26. The van der Waals surface area contributed by atoms with E-state index in [1.807, 2.05) is 17.9 Å². The van der Waals surface area contributed by atoms with Gasteiger partial charge in [0.2, 0.25) is 5.91 Å². The minimum absolute atomic E-state index is 0.197. The first kappa shape index (κ1) is 23.3. The summed E-state index contributed by atoms with van der Waals surface area (Å²) < 4.78 is 7.25. The van der Waals surface area contributed by atoms with E-state index in [0.29, 0.717) is 57.9 Å². The number of aryl methyl sites for hydroxylation is 1. The van der Waals surface area contributed by atoms with Crippen molar-refractivity contribution in [2.24, 2.45) is 11.7 Å². The fourth-order valence-electron chi connectivity index (χ4n) is 4.32. The molecule has 0 saturated carbocycles. The first-order valence-electron chi connectivity index (χ1n) is 11.2. The second-order valence-electron chi connectivity index (χ2n) is 8.60. The molecule has 3 aromatic heterocycles.